The summed E-state index contributed by atoms with van der Waals surface area (Å²) in [4.78, 5) is 25.3. The zero-order valence-corrected chi connectivity index (χ0v) is 12.3. The van der Waals surface area contributed by atoms with Crippen molar-refractivity contribution in [3.63, 3.8) is 0 Å². The largest absolute Gasteiger partial charge is 0.303 e. The van der Waals surface area contributed by atoms with E-state index in [-0.39, 0.29) is 0 Å². The fourth-order valence-corrected chi connectivity index (χ4v) is 2.97. The molecule has 0 saturated heterocycles. The molecule has 1 unspecified atom stereocenters. The van der Waals surface area contributed by atoms with Gasteiger partial charge in [-0.05, 0) is 18.1 Å². The van der Waals surface area contributed by atoms with Crippen LogP contribution in [0.1, 0.15) is 23.7 Å². The van der Waals surface area contributed by atoms with Crippen LogP contribution >= 0.6 is 27.5 Å². The Morgan fingerprint density at radius 3 is 2.72 bits per heavy atom. The number of ketones is 1. The van der Waals surface area contributed by atoms with E-state index in [0.717, 1.165) is 11.8 Å². The summed E-state index contributed by atoms with van der Waals surface area (Å²) >= 11 is 9.53. The lowest BCUT2D eigenvalue weighted by molar-refractivity contribution is -0.114. The molecular weight excluding hydrogens is 318 g/mol. The first kappa shape index (κ1) is 13.6. The summed E-state index contributed by atoms with van der Waals surface area (Å²) in [5.74, 6) is -0.626. The number of carbonyl (C=O) groups excluding carboxylic acids is 2. The van der Waals surface area contributed by atoms with Gasteiger partial charge in [0.05, 0.1) is 16.3 Å². The van der Waals surface area contributed by atoms with Crippen molar-refractivity contribution in [3.05, 3.63) is 28.8 Å². The van der Waals surface area contributed by atoms with E-state index in [0.29, 0.717) is 28.7 Å². The van der Waals surface area contributed by atoms with Gasteiger partial charge in [-0.1, -0.05) is 46.9 Å². The normalized spacial score (nSPS) is 16.1. The Morgan fingerprint density at radius 2 is 2.11 bits per heavy atom. The average Bonchev–Trinajstić information content (AvgIpc) is 2.62. The Morgan fingerprint density at radius 1 is 1.39 bits per heavy atom. The van der Waals surface area contributed by atoms with Crippen LogP contribution in [0.2, 0.25) is 5.02 Å². The molecule has 0 fully saturated rings. The number of Topliss-reactive ketones (excluding diaryl/α,β-unsaturated/α-hetero) is 1. The standard InChI is InChI=1S/C13H13BrClNO2/c1-2-8(6-14)7-16-11-9(12(17)13(16)18)4-3-5-10(11)15/h3-5,8H,2,6-7H2,1H3. The van der Waals surface area contributed by atoms with E-state index in [1.807, 2.05) is 0 Å². The van der Waals surface area contributed by atoms with Crippen molar-refractivity contribution in [1.82, 2.24) is 0 Å². The van der Waals surface area contributed by atoms with Gasteiger partial charge in [-0.25, -0.2) is 0 Å². The number of anilines is 1. The third-order valence-electron chi connectivity index (χ3n) is 3.18. The zero-order valence-electron chi connectivity index (χ0n) is 9.95. The minimum absolute atomic E-state index is 0.309. The quantitative estimate of drug-likeness (QED) is 0.627. The van der Waals surface area contributed by atoms with E-state index in [4.69, 9.17) is 11.6 Å². The van der Waals surface area contributed by atoms with Gasteiger partial charge in [0.2, 0.25) is 0 Å². The van der Waals surface area contributed by atoms with Gasteiger partial charge in [0.1, 0.15) is 0 Å². The van der Waals surface area contributed by atoms with Crippen molar-refractivity contribution < 1.29 is 9.59 Å². The third-order valence-corrected chi connectivity index (χ3v) is 4.40. The van der Waals surface area contributed by atoms with Crippen LogP contribution in [0.4, 0.5) is 5.69 Å². The molecule has 96 valence electrons. The number of rotatable bonds is 4. The molecule has 1 atom stereocenters. The Balaban J connectivity index is 2.39. The Labute approximate surface area is 119 Å². The highest BCUT2D eigenvalue weighted by Crippen LogP contribution is 2.36. The second kappa shape index (κ2) is 5.41. The predicted molar refractivity (Wildman–Crippen MR) is 75.7 cm³/mol. The smallest absolute Gasteiger partial charge is 0.299 e. The topological polar surface area (TPSA) is 37.4 Å². The van der Waals surface area contributed by atoms with Crippen molar-refractivity contribution in [2.24, 2.45) is 5.92 Å². The van der Waals surface area contributed by atoms with Crippen molar-refractivity contribution in [2.45, 2.75) is 13.3 Å². The van der Waals surface area contributed by atoms with E-state index in [1.165, 1.54) is 4.90 Å². The van der Waals surface area contributed by atoms with Crippen LogP contribution in [0.15, 0.2) is 18.2 Å². The summed E-state index contributed by atoms with van der Waals surface area (Å²) in [7, 11) is 0. The van der Waals surface area contributed by atoms with Gasteiger partial charge in [-0.15, -0.1) is 0 Å². The Hall–Kier alpha value is -0.870. The number of fused-ring (bicyclic) bond motifs is 1. The lowest BCUT2D eigenvalue weighted by Crippen LogP contribution is -2.34. The Bertz CT molecular complexity index is 500. The monoisotopic (exact) mass is 329 g/mol. The molecule has 1 heterocycles. The van der Waals surface area contributed by atoms with Gasteiger partial charge in [0, 0.05) is 11.9 Å². The van der Waals surface area contributed by atoms with Crippen molar-refractivity contribution in [1.29, 1.82) is 0 Å². The Kier molecular flexibility index (Phi) is 4.07. The van der Waals surface area contributed by atoms with Crippen LogP contribution in [-0.2, 0) is 4.79 Å². The van der Waals surface area contributed by atoms with E-state index < -0.39 is 11.7 Å². The van der Waals surface area contributed by atoms with Gasteiger partial charge in [0.15, 0.2) is 0 Å². The van der Waals surface area contributed by atoms with Crippen LogP contribution in [0.3, 0.4) is 0 Å². The van der Waals surface area contributed by atoms with E-state index >= 15 is 0 Å². The fraction of sp³-hybridized carbons (Fsp3) is 0.385. The maximum absolute atomic E-state index is 12.0. The number of hydrogen-bond donors (Lipinski definition) is 0. The van der Waals surface area contributed by atoms with Crippen molar-refractivity contribution in [2.75, 3.05) is 16.8 Å². The molecule has 1 amide bonds. The molecule has 2 rings (SSSR count). The van der Waals surface area contributed by atoms with E-state index in [2.05, 4.69) is 22.9 Å². The first-order valence-corrected chi connectivity index (χ1v) is 7.30. The fourth-order valence-electron chi connectivity index (χ4n) is 2.03. The molecule has 18 heavy (non-hydrogen) atoms. The summed E-state index contributed by atoms with van der Waals surface area (Å²) in [6.45, 7) is 2.57. The SMILES string of the molecule is CCC(CBr)CN1C(=O)C(=O)c2cccc(Cl)c21. The predicted octanol–water partition coefficient (Wildman–Crippen LogP) is 3.29. The maximum Gasteiger partial charge on any atom is 0.299 e. The molecule has 3 nitrogen and oxygen atoms in total. The summed E-state index contributed by atoms with van der Waals surface area (Å²) in [5.41, 5.74) is 0.977. The van der Waals surface area contributed by atoms with Crippen molar-refractivity contribution >= 4 is 44.9 Å². The molecule has 1 aromatic rings. The average molecular weight is 331 g/mol. The highest BCUT2D eigenvalue weighted by molar-refractivity contribution is 9.09. The van der Waals surface area contributed by atoms with Gasteiger partial charge in [0.25, 0.3) is 11.7 Å². The molecule has 0 aliphatic carbocycles. The molecule has 0 radical (unpaired) electrons. The molecule has 0 bridgehead atoms. The van der Waals surface area contributed by atoms with E-state index in [9.17, 15) is 9.59 Å². The number of amides is 1. The van der Waals surface area contributed by atoms with Crippen LogP contribution in [0.5, 0.6) is 0 Å². The first-order chi connectivity index (χ1) is 8.60. The van der Waals surface area contributed by atoms with Gasteiger partial charge < -0.3 is 4.90 Å². The molecule has 1 aromatic carbocycles. The number of para-hydroxylation sites is 1. The number of hydrogen-bond acceptors (Lipinski definition) is 2. The summed E-state index contributed by atoms with van der Waals surface area (Å²) < 4.78 is 0. The number of alkyl halides is 1. The lowest BCUT2D eigenvalue weighted by Gasteiger charge is -2.22. The third kappa shape index (κ3) is 2.19. The van der Waals surface area contributed by atoms with E-state index in [1.54, 1.807) is 18.2 Å². The number of carbonyl (C=O) groups is 2. The van der Waals surface area contributed by atoms with Crippen LogP contribution in [0, 0.1) is 5.92 Å². The van der Waals surface area contributed by atoms with Crippen LogP contribution in [-0.4, -0.2) is 23.6 Å². The van der Waals surface area contributed by atoms with Crippen LogP contribution in [0.25, 0.3) is 0 Å². The highest BCUT2D eigenvalue weighted by Gasteiger charge is 2.37. The minimum atomic E-state index is -0.475. The molecular formula is C13H13BrClNO2. The second-order valence-electron chi connectivity index (χ2n) is 4.31. The molecule has 0 N–H and O–H groups in total. The molecule has 5 heteroatoms. The molecule has 1 aliphatic rings. The summed E-state index contributed by atoms with van der Waals surface area (Å²) in [6.07, 6.45) is 0.934. The van der Waals surface area contributed by atoms with Gasteiger partial charge in [-0.3, -0.25) is 9.59 Å². The maximum atomic E-state index is 12.0. The van der Waals surface area contributed by atoms with Crippen LogP contribution < -0.4 is 4.90 Å². The first-order valence-electron chi connectivity index (χ1n) is 5.80. The number of nitrogens with zero attached hydrogens (tertiary/aromatic N) is 1. The molecule has 0 aromatic heterocycles. The lowest BCUT2D eigenvalue weighted by atomic mass is 10.1. The number of benzene rings is 1. The van der Waals surface area contributed by atoms with Crippen molar-refractivity contribution in [3.8, 4) is 0 Å². The molecule has 1 aliphatic heterocycles. The highest BCUT2D eigenvalue weighted by atomic mass is 79.9. The zero-order chi connectivity index (χ0) is 13.3. The second-order valence-corrected chi connectivity index (χ2v) is 5.36. The number of halogens is 2. The van der Waals surface area contributed by atoms with Gasteiger partial charge >= 0.3 is 0 Å². The minimum Gasteiger partial charge on any atom is -0.303 e. The summed E-state index contributed by atoms with van der Waals surface area (Å²) in [6, 6.07) is 5.04. The summed E-state index contributed by atoms with van der Waals surface area (Å²) in [5, 5.41) is 1.25. The van der Waals surface area contributed by atoms with Gasteiger partial charge in [-0.2, -0.15) is 0 Å². The molecule has 0 spiro atoms. The molecule has 0 saturated carbocycles.